The van der Waals surface area contributed by atoms with Gasteiger partial charge in [-0.3, -0.25) is 0 Å². The molecule has 0 heterocycles. The molecule has 2 aromatic rings. The molecule has 2 rings (SSSR count). The second kappa shape index (κ2) is 6.75. The van der Waals surface area contributed by atoms with Crippen LogP contribution >= 0.6 is 11.6 Å². The van der Waals surface area contributed by atoms with Crippen molar-refractivity contribution in [3.05, 3.63) is 67.8 Å². The van der Waals surface area contributed by atoms with Crippen LogP contribution in [-0.4, -0.2) is 11.8 Å². The Morgan fingerprint density at radius 2 is 1.39 bits per heavy atom. The highest BCUT2D eigenvalue weighted by Crippen LogP contribution is 1.88. The summed E-state index contributed by atoms with van der Waals surface area (Å²) in [6.07, 6.45) is 0. The molecular formula is C14H12ClIO2+. The molecule has 2 nitrogen and oxygen atoms in total. The van der Waals surface area contributed by atoms with Crippen LogP contribution in [0.15, 0.2) is 60.7 Å². The summed E-state index contributed by atoms with van der Waals surface area (Å²) in [4.78, 5) is 11.5. The van der Waals surface area contributed by atoms with Crippen LogP contribution in [0.4, 0.5) is 0 Å². The van der Waals surface area contributed by atoms with E-state index in [9.17, 15) is 4.79 Å². The quantitative estimate of drug-likeness (QED) is 0.558. The zero-order chi connectivity index (χ0) is 12.8. The maximum absolute atomic E-state index is 11.5. The van der Waals surface area contributed by atoms with Crippen molar-refractivity contribution in [2.24, 2.45) is 0 Å². The highest BCUT2D eigenvalue weighted by atomic mass is 127. The third-order valence-electron chi connectivity index (χ3n) is 2.13. The van der Waals surface area contributed by atoms with E-state index in [0.717, 1.165) is 7.14 Å². The molecule has 93 valence electrons. The van der Waals surface area contributed by atoms with Gasteiger partial charge in [-0.05, 0) is 24.3 Å². The van der Waals surface area contributed by atoms with Crippen LogP contribution in [0.3, 0.4) is 0 Å². The van der Waals surface area contributed by atoms with Crippen LogP contribution in [0.25, 0.3) is 0 Å². The van der Waals surface area contributed by atoms with Gasteiger partial charge in [0.25, 0.3) is 0 Å². The van der Waals surface area contributed by atoms with E-state index in [1.807, 2.05) is 60.7 Å². The van der Waals surface area contributed by atoms with Crippen molar-refractivity contribution in [2.45, 2.75) is 0 Å². The van der Waals surface area contributed by atoms with Crippen LogP contribution in [0.5, 0.6) is 0 Å². The molecule has 0 atom stereocenters. The summed E-state index contributed by atoms with van der Waals surface area (Å²) in [7, 11) is 0. The van der Waals surface area contributed by atoms with Gasteiger partial charge in [0.05, 0.1) is 0 Å². The van der Waals surface area contributed by atoms with E-state index in [1.165, 1.54) is 0 Å². The fourth-order valence-electron chi connectivity index (χ4n) is 1.38. The maximum Gasteiger partial charge on any atom is 0.374 e. The Balaban J connectivity index is 2.32. The average molecular weight is 375 g/mol. The minimum Gasteiger partial charge on any atom is -0.245 e. The monoisotopic (exact) mass is 374 g/mol. The summed E-state index contributed by atoms with van der Waals surface area (Å²) in [5.41, 5.74) is 0. The molecule has 0 spiro atoms. The lowest BCUT2D eigenvalue weighted by Gasteiger charge is -2.03. The SMILES string of the molecule is O=C(CCl)O[I+](c1ccccc1)c1ccccc1. The molecule has 0 bridgehead atoms. The lowest BCUT2D eigenvalue weighted by atomic mass is 10.4. The first kappa shape index (κ1) is 13.4. The molecule has 1 radical (unpaired) electrons. The van der Waals surface area contributed by atoms with Gasteiger partial charge in [0.1, 0.15) is 5.88 Å². The van der Waals surface area contributed by atoms with Gasteiger partial charge in [-0.15, -0.1) is 11.6 Å². The number of hydrogen-bond donors (Lipinski definition) is 0. The Morgan fingerprint density at radius 1 is 0.944 bits per heavy atom. The van der Waals surface area contributed by atoms with E-state index in [0.29, 0.717) is 0 Å². The largest absolute Gasteiger partial charge is 0.374 e. The van der Waals surface area contributed by atoms with Crippen LogP contribution in [0.1, 0.15) is 0 Å². The third-order valence-corrected chi connectivity index (χ3v) is 6.99. The predicted octanol–water partition coefficient (Wildman–Crippen LogP) is 0.0477. The summed E-state index contributed by atoms with van der Waals surface area (Å²) in [6, 6.07) is 19.7. The molecule has 0 aliphatic rings. The van der Waals surface area contributed by atoms with Crippen molar-refractivity contribution in [3.8, 4) is 0 Å². The molecule has 18 heavy (non-hydrogen) atoms. The van der Waals surface area contributed by atoms with Crippen LogP contribution in [0.2, 0.25) is 0 Å². The van der Waals surface area contributed by atoms with E-state index < -0.39 is 20.2 Å². The Morgan fingerprint density at radius 3 is 1.78 bits per heavy atom. The Kier molecular flexibility index (Phi) is 5.01. The molecular weight excluding hydrogens is 363 g/mol. The van der Waals surface area contributed by atoms with Crippen LogP contribution < -0.4 is 20.2 Å². The third kappa shape index (κ3) is 3.46. The van der Waals surface area contributed by atoms with Gasteiger partial charge in [0.2, 0.25) is 0 Å². The summed E-state index contributed by atoms with van der Waals surface area (Å²) >= 11 is 3.36. The van der Waals surface area contributed by atoms with Gasteiger partial charge >= 0.3 is 26.2 Å². The molecule has 0 aliphatic carbocycles. The van der Waals surface area contributed by atoms with Gasteiger partial charge in [0.15, 0.2) is 7.14 Å². The summed E-state index contributed by atoms with van der Waals surface area (Å²) in [5, 5.41) is 0. The number of carbonyl (C=O) groups is 1. The molecule has 0 N–H and O–H groups in total. The molecule has 0 aromatic heterocycles. The highest BCUT2D eigenvalue weighted by Gasteiger charge is 2.33. The molecule has 2 aromatic carbocycles. The number of benzene rings is 2. The second-order valence-electron chi connectivity index (χ2n) is 3.42. The van der Waals surface area contributed by atoms with Crippen LogP contribution in [-0.2, 0) is 7.86 Å². The molecule has 4 heteroatoms. The van der Waals surface area contributed by atoms with E-state index in [2.05, 4.69) is 0 Å². The molecule has 0 amide bonds. The van der Waals surface area contributed by atoms with E-state index in [1.54, 1.807) is 0 Å². The van der Waals surface area contributed by atoms with Gasteiger partial charge in [-0.25, -0.2) is 7.86 Å². The first-order valence-corrected chi connectivity index (χ1v) is 8.96. The van der Waals surface area contributed by atoms with Crippen LogP contribution in [0, 0.1) is 7.14 Å². The second-order valence-corrected chi connectivity index (χ2v) is 8.04. The van der Waals surface area contributed by atoms with E-state index >= 15 is 0 Å². The first-order chi connectivity index (χ1) is 8.81. The lowest BCUT2D eigenvalue weighted by Crippen LogP contribution is -3.85. The zero-order valence-corrected chi connectivity index (χ0v) is 12.5. The summed E-state index contributed by atoms with van der Waals surface area (Å²) < 4.78 is 7.74. The number of alkyl halides is 1. The van der Waals surface area contributed by atoms with E-state index in [-0.39, 0.29) is 11.8 Å². The summed E-state index contributed by atoms with van der Waals surface area (Å²) in [5.74, 6) is -0.456. The normalized spacial score (nSPS) is 10.3. The number of hydrogen-bond acceptors (Lipinski definition) is 2. The minimum atomic E-state index is -2.16. The molecule has 0 aliphatic heterocycles. The summed E-state index contributed by atoms with van der Waals surface area (Å²) in [6.45, 7) is 0. The van der Waals surface area contributed by atoms with Crippen molar-refractivity contribution >= 4 is 17.6 Å². The molecule has 0 saturated carbocycles. The Labute approximate surface area is 119 Å². The first-order valence-electron chi connectivity index (χ1n) is 5.38. The molecule has 0 saturated heterocycles. The topological polar surface area (TPSA) is 26.3 Å². The van der Waals surface area contributed by atoms with Gasteiger partial charge in [0, 0.05) is 0 Å². The van der Waals surface area contributed by atoms with Crippen molar-refractivity contribution in [3.63, 3.8) is 0 Å². The number of carbonyl (C=O) groups excluding carboxylic acids is 1. The average Bonchev–Trinajstić information content (AvgIpc) is 2.46. The van der Waals surface area contributed by atoms with Gasteiger partial charge < -0.3 is 0 Å². The Bertz CT molecular complexity index is 462. The van der Waals surface area contributed by atoms with Gasteiger partial charge in [-0.2, -0.15) is 0 Å². The number of halogens is 2. The zero-order valence-electron chi connectivity index (χ0n) is 9.55. The number of rotatable bonds is 4. The predicted molar refractivity (Wildman–Crippen MR) is 67.1 cm³/mol. The minimum absolute atomic E-state index is 0.104. The lowest BCUT2D eigenvalue weighted by molar-refractivity contribution is -1.04. The standard InChI is InChI=1S/C14H12ClIO2/c15-11-14(17)18-16(12-7-3-1-4-8-12)13-9-5-2-6-10-13/h1-10H,11H2/q+1. The molecule has 0 unspecified atom stereocenters. The van der Waals surface area contributed by atoms with Crippen molar-refractivity contribution in [2.75, 3.05) is 5.88 Å². The Hall–Kier alpha value is -1.07. The van der Waals surface area contributed by atoms with Crippen molar-refractivity contribution in [1.82, 2.24) is 0 Å². The smallest absolute Gasteiger partial charge is 0.245 e. The van der Waals surface area contributed by atoms with E-state index in [4.69, 9.17) is 14.7 Å². The fourth-order valence-corrected chi connectivity index (χ4v) is 5.63. The van der Waals surface area contributed by atoms with Gasteiger partial charge in [-0.1, -0.05) is 36.4 Å². The highest BCUT2D eigenvalue weighted by molar-refractivity contribution is 6.26. The maximum atomic E-state index is 11.5. The van der Waals surface area contributed by atoms with Crippen molar-refractivity contribution in [1.29, 1.82) is 0 Å². The van der Waals surface area contributed by atoms with Crippen molar-refractivity contribution < 1.29 is 28.1 Å². The molecule has 0 fully saturated rings. The fraction of sp³-hybridized carbons (Fsp3) is 0.0714.